The number of nitrogens with one attached hydrogen (secondary N) is 1. The molecule has 186 valence electrons. The number of carbonyl (C=O) groups is 1. The van der Waals surface area contributed by atoms with Crippen molar-refractivity contribution >= 4 is 22.7 Å². The third-order valence-corrected chi connectivity index (χ3v) is 6.40. The minimum Gasteiger partial charge on any atom is -0.479 e. The number of ether oxygens (including phenoxy) is 1. The maximum atomic E-state index is 10.7. The van der Waals surface area contributed by atoms with Gasteiger partial charge in [-0.2, -0.15) is 8.78 Å². The highest BCUT2D eigenvalue weighted by Gasteiger charge is 2.37. The van der Waals surface area contributed by atoms with Gasteiger partial charge in [-0.1, -0.05) is 0 Å². The molecule has 0 radical (unpaired) electrons. The van der Waals surface area contributed by atoms with Crippen LogP contribution in [0, 0.1) is 5.41 Å². The molecule has 0 bridgehead atoms. The number of carbonyl (C=O) groups excluding carboxylic acids is 1. The molecule has 3 aromatic rings. The van der Waals surface area contributed by atoms with E-state index in [-0.39, 0.29) is 0 Å². The van der Waals surface area contributed by atoms with E-state index in [0.29, 0.717) is 17.1 Å². The van der Waals surface area contributed by atoms with Crippen LogP contribution in [0.4, 0.5) is 19.1 Å². The summed E-state index contributed by atoms with van der Waals surface area (Å²) in [5, 5.41) is 4.53. The van der Waals surface area contributed by atoms with Crippen molar-refractivity contribution in [2.24, 2.45) is 5.41 Å². The maximum Gasteiger partial charge on any atom is 0.414 e. The molecule has 1 N–H and O–H groups in total. The molecule has 0 amide bonds. The highest BCUT2D eigenvalue weighted by atomic mass is 19.3. The minimum atomic E-state index is -3.37. The van der Waals surface area contributed by atoms with Crippen LogP contribution in [-0.2, 0) is 9.74 Å². The second kappa shape index (κ2) is 10.8. The Morgan fingerprint density at radius 1 is 1.11 bits per heavy atom. The number of alkyl halides is 2. The number of rotatable bonds is 4. The van der Waals surface area contributed by atoms with Gasteiger partial charge >= 0.3 is 12.4 Å². The van der Waals surface area contributed by atoms with Crippen molar-refractivity contribution in [1.82, 2.24) is 25.3 Å². The number of anilines is 1. The van der Waals surface area contributed by atoms with Crippen LogP contribution >= 0.6 is 0 Å². The summed E-state index contributed by atoms with van der Waals surface area (Å²) in [5.74, 6) is 0.0299. The summed E-state index contributed by atoms with van der Waals surface area (Å²) in [7, 11) is 1.63. The van der Waals surface area contributed by atoms with Gasteiger partial charge in [0.15, 0.2) is 5.82 Å². The molecule has 5 rings (SSSR count). The topological polar surface area (TPSA) is 102 Å². The summed E-state index contributed by atoms with van der Waals surface area (Å²) >= 11 is 0. The average molecular weight is 490 g/mol. The van der Waals surface area contributed by atoms with Crippen LogP contribution < -0.4 is 15.0 Å². The van der Waals surface area contributed by atoms with E-state index in [2.05, 4.69) is 25.1 Å². The fourth-order valence-electron chi connectivity index (χ4n) is 4.48. The summed E-state index contributed by atoms with van der Waals surface area (Å²) in [4.78, 5) is 31.9. The summed E-state index contributed by atoms with van der Waals surface area (Å²) in [5.41, 5.74) is 2.16. The van der Waals surface area contributed by atoms with Crippen LogP contribution in [0.1, 0.15) is 19.3 Å². The molecule has 2 fully saturated rings. The smallest absolute Gasteiger partial charge is 0.414 e. The predicted molar refractivity (Wildman–Crippen MR) is 122 cm³/mol. The minimum absolute atomic E-state index is 0.465. The van der Waals surface area contributed by atoms with E-state index in [9.17, 15) is 13.3 Å². The SMILES string of the molecule is COc1nccc2c(N3CCC4(CCNC4)CC3)nc(-c3ccncc3)nc12.O=C(OF)C(F)F. The number of nitrogens with zero attached hydrogens (tertiary/aromatic N) is 5. The number of pyridine rings is 2. The maximum absolute atomic E-state index is 10.7. The lowest BCUT2D eigenvalue weighted by atomic mass is 9.78. The fraction of sp³-hybridized carbons (Fsp3) is 0.435. The van der Waals surface area contributed by atoms with E-state index in [0.717, 1.165) is 48.5 Å². The Labute approximate surface area is 199 Å². The lowest BCUT2D eigenvalue weighted by Gasteiger charge is -2.39. The molecule has 2 aliphatic rings. The highest BCUT2D eigenvalue weighted by molar-refractivity contribution is 5.93. The molecule has 0 unspecified atom stereocenters. The molecule has 0 aliphatic carbocycles. The molecular formula is C23H25F3N6O3. The first-order chi connectivity index (χ1) is 17.0. The number of hydrogen-bond donors (Lipinski definition) is 1. The van der Waals surface area contributed by atoms with E-state index in [1.807, 2.05) is 18.2 Å². The van der Waals surface area contributed by atoms with E-state index in [4.69, 9.17) is 19.5 Å². The van der Waals surface area contributed by atoms with Gasteiger partial charge in [0.05, 0.1) is 12.5 Å². The second-order valence-corrected chi connectivity index (χ2v) is 8.43. The number of piperidine rings is 1. The Morgan fingerprint density at radius 3 is 2.43 bits per heavy atom. The Hall–Kier alpha value is -3.54. The zero-order valence-electron chi connectivity index (χ0n) is 19.1. The van der Waals surface area contributed by atoms with Crippen LogP contribution in [0.3, 0.4) is 0 Å². The molecule has 0 atom stereocenters. The Morgan fingerprint density at radius 2 is 1.86 bits per heavy atom. The van der Waals surface area contributed by atoms with Crippen LogP contribution in [-0.4, -0.2) is 65.6 Å². The van der Waals surface area contributed by atoms with Crippen LogP contribution in [0.5, 0.6) is 5.88 Å². The van der Waals surface area contributed by atoms with E-state index in [1.165, 1.54) is 19.3 Å². The number of hydrogen-bond acceptors (Lipinski definition) is 9. The van der Waals surface area contributed by atoms with E-state index in [1.54, 1.807) is 25.7 Å². The Balaban J connectivity index is 0.000000364. The number of halogens is 3. The van der Waals surface area contributed by atoms with E-state index < -0.39 is 12.4 Å². The summed E-state index contributed by atoms with van der Waals surface area (Å²) in [6.45, 7) is 4.30. The van der Waals surface area contributed by atoms with Crippen LogP contribution in [0.25, 0.3) is 22.3 Å². The molecule has 2 aliphatic heterocycles. The fourth-order valence-corrected chi connectivity index (χ4v) is 4.48. The number of fused-ring (bicyclic) bond motifs is 1. The molecule has 0 saturated carbocycles. The van der Waals surface area contributed by atoms with Crippen molar-refractivity contribution in [2.45, 2.75) is 25.7 Å². The molecule has 1 spiro atoms. The van der Waals surface area contributed by atoms with Crippen molar-refractivity contribution in [3.63, 3.8) is 0 Å². The summed E-state index contributed by atoms with van der Waals surface area (Å²) in [6.07, 6.45) is 5.60. The van der Waals surface area contributed by atoms with Crippen molar-refractivity contribution in [3.05, 3.63) is 36.8 Å². The highest BCUT2D eigenvalue weighted by Crippen LogP contribution is 2.40. The summed E-state index contributed by atoms with van der Waals surface area (Å²) in [6, 6.07) is 5.86. The van der Waals surface area contributed by atoms with Crippen molar-refractivity contribution < 1.29 is 27.8 Å². The van der Waals surface area contributed by atoms with Gasteiger partial charge in [-0.3, -0.25) is 4.98 Å². The van der Waals surface area contributed by atoms with Gasteiger partial charge in [-0.05, 0) is 49.4 Å². The largest absolute Gasteiger partial charge is 0.479 e. The predicted octanol–water partition coefficient (Wildman–Crippen LogP) is 3.35. The van der Waals surface area contributed by atoms with Gasteiger partial charge in [0.1, 0.15) is 11.3 Å². The first kappa shape index (κ1) is 24.6. The first-order valence-corrected chi connectivity index (χ1v) is 11.1. The number of methoxy groups -OCH3 is 1. The van der Waals surface area contributed by atoms with Gasteiger partial charge in [0, 0.05) is 48.3 Å². The Kier molecular flexibility index (Phi) is 7.59. The van der Waals surface area contributed by atoms with Crippen molar-refractivity contribution in [2.75, 3.05) is 38.2 Å². The third-order valence-electron chi connectivity index (χ3n) is 6.40. The molecule has 9 nitrogen and oxygen atoms in total. The monoisotopic (exact) mass is 490 g/mol. The molecule has 3 aromatic heterocycles. The zero-order chi connectivity index (χ0) is 24.8. The van der Waals surface area contributed by atoms with Gasteiger partial charge in [0.25, 0.3) is 0 Å². The first-order valence-electron chi connectivity index (χ1n) is 11.1. The van der Waals surface area contributed by atoms with Gasteiger partial charge < -0.3 is 15.0 Å². The Bertz CT molecular complexity index is 1150. The lowest BCUT2D eigenvalue weighted by Crippen LogP contribution is -2.41. The number of aromatic nitrogens is 4. The van der Waals surface area contributed by atoms with Crippen molar-refractivity contribution in [1.29, 1.82) is 0 Å². The lowest BCUT2D eigenvalue weighted by molar-refractivity contribution is -0.196. The molecular weight excluding hydrogens is 465 g/mol. The van der Waals surface area contributed by atoms with Crippen LogP contribution in [0.15, 0.2) is 36.8 Å². The zero-order valence-corrected chi connectivity index (χ0v) is 19.1. The quantitative estimate of drug-likeness (QED) is 0.590. The van der Waals surface area contributed by atoms with Gasteiger partial charge in [-0.25, -0.2) is 24.7 Å². The molecule has 2 saturated heterocycles. The standard InChI is InChI=1S/C21H24N6O.C2HF3O2/c1-28-20-17-16(4-10-24-20)19(26-18(25-17)15-2-8-22-9-3-15)27-12-6-21(7-13-27)5-11-23-14-21;3-1(4)2(6)7-5/h2-4,8-10,23H,5-7,11-14H2,1H3;1H. The van der Waals surface area contributed by atoms with Gasteiger partial charge in [-0.15, -0.1) is 0 Å². The molecule has 0 aromatic carbocycles. The van der Waals surface area contributed by atoms with Crippen molar-refractivity contribution in [3.8, 4) is 17.3 Å². The second-order valence-electron chi connectivity index (χ2n) is 8.43. The molecule has 12 heteroatoms. The average Bonchev–Trinajstić information content (AvgIpc) is 3.36. The molecule has 35 heavy (non-hydrogen) atoms. The normalized spacial score (nSPS) is 16.8. The van der Waals surface area contributed by atoms with E-state index >= 15 is 0 Å². The summed E-state index contributed by atoms with van der Waals surface area (Å²) < 4.78 is 37.2. The van der Waals surface area contributed by atoms with Gasteiger partial charge in [0.2, 0.25) is 5.88 Å². The third kappa shape index (κ3) is 5.42. The van der Waals surface area contributed by atoms with Crippen LogP contribution in [0.2, 0.25) is 0 Å². The molecule has 5 heterocycles.